The molecule has 0 bridgehead atoms. The van der Waals surface area contributed by atoms with Gasteiger partial charge in [0.1, 0.15) is 5.82 Å². The molecule has 0 atom stereocenters. The summed E-state index contributed by atoms with van der Waals surface area (Å²) >= 11 is 0. The lowest BCUT2D eigenvalue weighted by molar-refractivity contribution is 0.102. The minimum absolute atomic E-state index is 0.146. The normalized spacial score (nSPS) is 10.6. The summed E-state index contributed by atoms with van der Waals surface area (Å²) in [6, 6.07) is 9.53. The number of halogens is 1. The van der Waals surface area contributed by atoms with Gasteiger partial charge in [-0.25, -0.2) is 4.39 Å². The van der Waals surface area contributed by atoms with Crippen LogP contribution in [0.4, 0.5) is 10.1 Å². The molecule has 0 radical (unpaired) electrons. The standard InChI is InChI=1S/C16H12FN3O/c1-10-12(8-11-9-18-7-6-14(11)19-10)16(21)20-15-5-3-2-4-13(15)17/h2-9H,1H3,(H,20,21). The smallest absolute Gasteiger partial charge is 0.257 e. The maximum atomic E-state index is 13.6. The fourth-order valence-electron chi connectivity index (χ4n) is 2.10. The highest BCUT2D eigenvalue weighted by molar-refractivity contribution is 6.06. The van der Waals surface area contributed by atoms with Crippen LogP contribution < -0.4 is 5.32 Å². The summed E-state index contributed by atoms with van der Waals surface area (Å²) in [4.78, 5) is 20.7. The Morgan fingerprint density at radius 2 is 2.05 bits per heavy atom. The molecule has 2 aromatic heterocycles. The fraction of sp³-hybridized carbons (Fsp3) is 0.0625. The lowest BCUT2D eigenvalue weighted by Crippen LogP contribution is -2.15. The summed E-state index contributed by atoms with van der Waals surface area (Å²) in [6.07, 6.45) is 3.29. The molecule has 4 nitrogen and oxygen atoms in total. The fourth-order valence-corrected chi connectivity index (χ4v) is 2.10. The molecule has 0 fully saturated rings. The van der Waals surface area contributed by atoms with E-state index >= 15 is 0 Å². The zero-order valence-electron chi connectivity index (χ0n) is 11.3. The summed E-state index contributed by atoms with van der Waals surface area (Å²) in [6.45, 7) is 1.75. The average molecular weight is 281 g/mol. The molecule has 104 valence electrons. The number of nitrogens with one attached hydrogen (secondary N) is 1. The molecule has 3 aromatic rings. The first-order valence-electron chi connectivity index (χ1n) is 6.42. The number of rotatable bonds is 2. The molecule has 0 unspecified atom stereocenters. The van der Waals surface area contributed by atoms with Gasteiger partial charge in [-0.05, 0) is 31.2 Å². The Labute approximate surface area is 120 Å². The van der Waals surface area contributed by atoms with Crippen molar-refractivity contribution in [1.82, 2.24) is 9.97 Å². The largest absolute Gasteiger partial charge is 0.319 e. The van der Waals surface area contributed by atoms with Crippen LogP contribution in [0.3, 0.4) is 0 Å². The number of carbonyl (C=O) groups excluding carboxylic acids is 1. The molecule has 0 aliphatic carbocycles. The maximum absolute atomic E-state index is 13.6. The molecule has 0 aliphatic heterocycles. The van der Waals surface area contributed by atoms with E-state index in [1.807, 2.05) is 0 Å². The van der Waals surface area contributed by atoms with Crippen LogP contribution in [0.25, 0.3) is 10.9 Å². The molecule has 1 amide bonds. The van der Waals surface area contributed by atoms with Crippen molar-refractivity contribution < 1.29 is 9.18 Å². The summed E-state index contributed by atoms with van der Waals surface area (Å²) in [7, 11) is 0. The molecule has 21 heavy (non-hydrogen) atoms. The third-order valence-corrected chi connectivity index (χ3v) is 3.17. The average Bonchev–Trinajstić information content (AvgIpc) is 2.49. The van der Waals surface area contributed by atoms with Crippen LogP contribution in [0.1, 0.15) is 16.1 Å². The molecule has 0 saturated carbocycles. The number of carbonyl (C=O) groups is 1. The topological polar surface area (TPSA) is 54.9 Å². The van der Waals surface area contributed by atoms with Crippen LogP contribution in [0, 0.1) is 12.7 Å². The second kappa shape index (κ2) is 5.28. The number of fused-ring (bicyclic) bond motifs is 1. The number of benzene rings is 1. The maximum Gasteiger partial charge on any atom is 0.257 e. The van der Waals surface area contributed by atoms with E-state index in [-0.39, 0.29) is 5.69 Å². The quantitative estimate of drug-likeness (QED) is 0.784. The monoisotopic (exact) mass is 281 g/mol. The Balaban J connectivity index is 1.98. The summed E-state index contributed by atoms with van der Waals surface area (Å²) in [5.74, 6) is -0.866. The number of para-hydroxylation sites is 1. The van der Waals surface area contributed by atoms with Gasteiger partial charge in [-0.15, -0.1) is 0 Å². The first-order chi connectivity index (χ1) is 10.1. The minimum atomic E-state index is -0.473. The number of aryl methyl sites for hydroxylation is 1. The zero-order chi connectivity index (χ0) is 14.8. The highest BCUT2D eigenvalue weighted by Crippen LogP contribution is 2.18. The van der Waals surface area contributed by atoms with Gasteiger partial charge in [0.25, 0.3) is 5.91 Å². The predicted molar refractivity (Wildman–Crippen MR) is 78.6 cm³/mol. The minimum Gasteiger partial charge on any atom is -0.319 e. The van der Waals surface area contributed by atoms with E-state index in [0.717, 1.165) is 10.9 Å². The van der Waals surface area contributed by atoms with E-state index in [9.17, 15) is 9.18 Å². The molecule has 0 saturated heterocycles. The molecule has 0 spiro atoms. The Morgan fingerprint density at radius 1 is 1.24 bits per heavy atom. The van der Waals surface area contributed by atoms with Crippen molar-refractivity contribution in [3.05, 3.63) is 65.9 Å². The summed E-state index contributed by atoms with van der Waals surface area (Å²) in [5.41, 5.74) is 1.90. The third-order valence-electron chi connectivity index (χ3n) is 3.17. The van der Waals surface area contributed by atoms with Gasteiger partial charge in [0.15, 0.2) is 0 Å². The number of pyridine rings is 2. The zero-order valence-corrected chi connectivity index (χ0v) is 11.3. The van der Waals surface area contributed by atoms with Gasteiger partial charge >= 0.3 is 0 Å². The van der Waals surface area contributed by atoms with E-state index in [0.29, 0.717) is 11.3 Å². The number of amides is 1. The van der Waals surface area contributed by atoms with Crippen molar-refractivity contribution in [3.8, 4) is 0 Å². The first kappa shape index (κ1) is 13.2. The second-order valence-electron chi connectivity index (χ2n) is 4.62. The van der Waals surface area contributed by atoms with E-state index in [1.165, 1.54) is 12.1 Å². The van der Waals surface area contributed by atoms with Gasteiger partial charge in [-0.3, -0.25) is 14.8 Å². The number of hydrogen-bond acceptors (Lipinski definition) is 3. The Kier molecular flexibility index (Phi) is 3.31. The van der Waals surface area contributed by atoms with Crippen LogP contribution in [0.15, 0.2) is 48.8 Å². The molecular formula is C16H12FN3O. The van der Waals surface area contributed by atoms with Gasteiger partial charge in [0.2, 0.25) is 0 Å². The molecular weight excluding hydrogens is 269 g/mol. The van der Waals surface area contributed by atoms with Crippen molar-refractivity contribution >= 4 is 22.5 Å². The van der Waals surface area contributed by atoms with Gasteiger partial charge in [0.05, 0.1) is 22.5 Å². The lowest BCUT2D eigenvalue weighted by atomic mass is 10.1. The Hall–Kier alpha value is -2.82. The predicted octanol–water partition coefficient (Wildman–Crippen LogP) is 3.33. The number of hydrogen-bond donors (Lipinski definition) is 1. The SMILES string of the molecule is Cc1nc2ccncc2cc1C(=O)Nc1ccccc1F. The third kappa shape index (κ3) is 2.58. The van der Waals surface area contributed by atoms with E-state index in [4.69, 9.17) is 0 Å². The number of aromatic nitrogens is 2. The van der Waals surface area contributed by atoms with Gasteiger partial charge in [0, 0.05) is 17.8 Å². The molecule has 2 heterocycles. The number of nitrogens with zero attached hydrogens (tertiary/aromatic N) is 2. The van der Waals surface area contributed by atoms with Crippen LogP contribution in [-0.2, 0) is 0 Å². The summed E-state index contributed by atoms with van der Waals surface area (Å²) in [5, 5.41) is 3.32. The van der Waals surface area contributed by atoms with Crippen LogP contribution in [-0.4, -0.2) is 15.9 Å². The van der Waals surface area contributed by atoms with Crippen molar-refractivity contribution in [3.63, 3.8) is 0 Å². The van der Waals surface area contributed by atoms with Gasteiger partial charge < -0.3 is 5.32 Å². The highest BCUT2D eigenvalue weighted by atomic mass is 19.1. The second-order valence-corrected chi connectivity index (χ2v) is 4.62. The van der Waals surface area contributed by atoms with Crippen molar-refractivity contribution in [2.75, 3.05) is 5.32 Å². The molecule has 1 N–H and O–H groups in total. The van der Waals surface area contributed by atoms with E-state index in [2.05, 4.69) is 15.3 Å². The molecule has 1 aromatic carbocycles. The molecule has 0 aliphatic rings. The van der Waals surface area contributed by atoms with Crippen LogP contribution in [0.5, 0.6) is 0 Å². The van der Waals surface area contributed by atoms with Crippen molar-refractivity contribution in [1.29, 1.82) is 0 Å². The van der Waals surface area contributed by atoms with Gasteiger partial charge in [-0.1, -0.05) is 12.1 Å². The van der Waals surface area contributed by atoms with Crippen molar-refractivity contribution in [2.24, 2.45) is 0 Å². The van der Waals surface area contributed by atoms with Gasteiger partial charge in [-0.2, -0.15) is 0 Å². The van der Waals surface area contributed by atoms with E-state index < -0.39 is 11.7 Å². The number of anilines is 1. The molecule has 3 rings (SSSR count). The molecule has 5 heteroatoms. The highest BCUT2D eigenvalue weighted by Gasteiger charge is 2.13. The van der Waals surface area contributed by atoms with Crippen LogP contribution in [0.2, 0.25) is 0 Å². The van der Waals surface area contributed by atoms with Crippen LogP contribution >= 0.6 is 0 Å². The van der Waals surface area contributed by atoms with E-state index in [1.54, 1.807) is 43.6 Å². The lowest BCUT2D eigenvalue weighted by Gasteiger charge is -2.09. The summed E-state index contributed by atoms with van der Waals surface area (Å²) < 4.78 is 13.6. The Bertz CT molecular complexity index is 833. The Morgan fingerprint density at radius 3 is 2.86 bits per heavy atom. The van der Waals surface area contributed by atoms with Crippen molar-refractivity contribution in [2.45, 2.75) is 6.92 Å². The first-order valence-corrected chi connectivity index (χ1v) is 6.42.